The van der Waals surface area contributed by atoms with Gasteiger partial charge in [0.1, 0.15) is 5.01 Å². The molecule has 6 nitrogen and oxygen atoms in total. The number of nitrogens with one attached hydrogen (secondary N) is 1. The first-order valence-electron chi connectivity index (χ1n) is 7.04. The van der Waals surface area contributed by atoms with Crippen molar-refractivity contribution in [3.05, 3.63) is 64.1 Å². The normalized spacial score (nSPS) is 12.3. The van der Waals surface area contributed by atoms with Gasteiger partial charge in [0, 0.05) is 28.1 Å². The topological polar surface area (TPSA) is 96.4 Å². The Morgan fingerprint density at radius 1 is 1.08 bits per heavy atom. The third kappa shape index (κ3) is 3.16. The monoisotopic (exact) mass is 340 g/mol. The number of benzene rings is 2. The summed E-state index contributed by atoms with van der Waals surface area (Å²) in [6, 6.07) is 10.9. The number of amides is 2. The first kappa shape index (κ1) is 15.8. The summed E-state index contributed by atoms with van der Waals surface area (Å²) >= 11 is 1.36. The molecule has 0 saturated carbocycles. The number of aromatic nitrogens is 1. The Balaban J connectivity index is 0.000000162. The summed E-state index contributed by atoms with van der Waals surface area (Å²) in [4.78, 5) is 36.9. The van der Waals surface area contributed by atoms with E-state index in [4.69, 9.17) is 5.11 Å². The number of hydrogen-bond acceptors (Lipinski definition) is 5. The van der Waals surface area contributed by atoms with E-state index >= 15 is 0 Å². The predicted octanol–water partition coefficient (Wildman–Crippen LogP) is 2.49. The Labute approximate surface area is 140 Å². The smallest absolute Gasteiger partial charge is 0.310 e. The summed E-state index contributed by atoms with van der Waals surface area (Å²) in [6.45, 7) is 0. The number of nitrogens with zero attached hydrogens (tertiary/aromatic N) is 1. The van der Waals surface area contributed by atoms with Crippen LogP contribution < -0.4 is 5.32 Å². The van der Waals surface area contributed by atoms with Gasteiger partial charge in [-0.1, -0.05) is 24.3 Å². The maximum Gasteiger partial charge on any atom is 0.310 e. The van der Waals surface area contributed by atoms with Crippen LogP contribution in [0.3, 0.4) is 0 Å². The standard InChI is InChI=1S/C12H7NO2.C5H5NO2S/c14-11-8-5-1-3-7-4-2-6-9(10(7)8)12(15)13-11;7-5(8)3-4-6-1-2-9-4/h1-6H,(H,13,14,15);1-2H,3H2,(H,7,8). The van der Waals surface area contributed by atoms with Crippen LogP contribution in [0.25, 0.3) is 10.8 Å². The average Bonchev–Trinajstić information content (AvgIpc) is 3.05. The average molecular weight is 340 g/mol. The second-order valence-corrected chi connectivity index (χ2v) is 5.97. The highest BCUT2D eigenvalue weighted by Crippen LogP contribution is 2.25. The molecule has 0 saturated heterocycles. The molecule has 7 heteroatoms. The molecule has 1 aliphatic heterocycles. The molecular formula is C17H12N2O4S. The molecule has 2 amide bonds. The van der Waals surface area contributed by atoms with Gasteiger partial charge in [0.25, 0.3) is 11.8 Å². The minimum Gasteiger partial charge on any atom is -0.481 e. The minimum absolute atomic E-state index is 0.0394. The highest BCUT2D eigenvalue weighted by molar-refractivity contribution is 7.09. The number of hydrogen-bond donors (Lipinski definition) is 2. The van der Waals surface area contributed by atoms with Crippen molar-refractivity contribution >= 4 is 39.9 Å². The van der Waals surface area contributed by atoms with Crippen molar-refractivity contribution < 1.29 is 19.5 Å². The number of carboxylic acids is 1. The van der Waals surface area contributed by atoms with E-state index in [1.165, 1.54) is 11.3 Å². The fraction of sp³-hybridized carbons (Fsp3) is 0.0588. The number of aliphatic carboxylic acids is 1. The second kappa shape index (κ2) is 6.59. The molecule has 24 heavy (non-hydrogen) atoms. The molecule has 4 rings (SSSR count). The third-order valence-electron chi connectivity index (χ3n) is 3.41. The fourth-order valence-corrected chi connectivity index (χ4v) is 3.03. The lowest BCUT2D eigenvalue weighted by Gasteiger charge is -2.15. The van der Waals surface area contributed by atoms with Crippen molar-refractivity contribution in [3.63, 3.8) is 0 Å². The third-order valence-corrected chi connectivity index (χ3v) is 4.19. The Morgan fingerprint density at radius 2 is 1.71 bits per heavy atom. The van der Waals surface area contributed by atoms with E-state index in [2.05, 4.69) is 10.3 Å². The summed E-state index contributed by atoms with van der Waals surface area (Å²) in [5, 5.41) is 14.7. The van der Waals surface area contributed by atoms with E-state index in [1.54, 1.807) is 23.7 Å². The summed E-state index contributed by atoms with van der Waals surface area (Å²) in [5.41, 5.74) is 1.14. The summed E-state index contributed by atoms with van der Waals surface area (Å²) in [5.74, 6) is -1.46. The van der Waals surface area contributed by atoms with Gasteiger partial charge >= 0.3 is 5.97 Å². The molecule has 0 radical (unpaired) electrons. The molecule has 0 bridgehead atoms. The lowest BCUT2D eigenvalue weighted by molar-refractivity contribution is -0.136. The van der Waals surface area contributed by atoms with Crippen molar-refractivity contribution in [3.8, 4) is 0 Å². The van der Waals surface area contributed by atoms with Crippen LogP contribution in [0, 0.1) is 0 Å². The van der Waals surface area contributed by atoms with Crippen LogP contribution in [0.4, 0.5) is 0 Å². The van der Waals surface area contributed by atoms with Gasteiger partial charge in [-0.15, -0.1) is 11.3 Å². The molecule has 0 spiro atoms. The zero-order valence-corrected chi connectivity index (χ0v) is 13.2. The van der Waals surface area contributed by atoms with Crippen LogP contribution in [-0.4, -0.2) is 27.9 Å². The molecule has 2 aromatic carbocycles. The predicted molar refractivity (Wildman–Crippen MR) is 89.2 cm³/mol. The first-order chi connectivity index (χ1) is 11.6. The van der Waals surface area contributed by atoms with E-state index < -0.39 is 5.97 Å². The maximum atomic E-state index is 11.6. The van der Waals surface area contributed by atoms with Gasteiger partial charge in [0.2, 0.25) is 0 Å². The molecule has 0 aliphatic carbocycles. The van der Waals surface area contributed by atoms with Crippen molar-refractivity contribution in [2.75, 3.05) is 0 Å². The SMILES string of the molecule is O=C(O)Cc1nccs1.O=C1NC(=O)c2cccc3cccc1c23. The molecule has 0 unspecified atom stereocenters. The van der Waals surface area contributed by atoms with E-state index in [0.717, 1.165) is 10.8 Å². The molecule has 0 atom stereocenters. The Bertz CT molecular complexity index is 886. The maximum absolute atomic E-state index is 11.6. The molecular weight excluding hydrogens is 328 g/mol. The highest BCUT2D eigenvalue weighted by atomic mass is 32.1. The second-order valence-electron chi connectivity index (χ2n) is 4.99. The van der Waals surface area contributed by atoms with Gasteiger partial charge in [-0.2, -0.15) is 0 Å². The van der Waals surface area contributed by atoms with Crippen LogP contribution in [0.5, 0.6) is 0 Å². The molecule has 2 N–H and O–H groups in total. The van der Waals surface area contributed by atoms with Crippen LogP contribution in [-0.2, 0) is 11.2 Å². The van der Waals surface area contributed by atoms with Gasteiger partial charge in [-0.25, -0.2) is 4.98 Å². The van der Waals surface area contributed by atoms with E-state index in [1.807, 2.05) is 24.3 Å². The Kier molecular flexibility index (Phi) is 4.35. The van der Waals surface area contributed by atoms with Crippen molar-refractivity contribution in [2.45, 2.75) is 6.42 Å². The molecule has 0 fully saturated rings. The number of thiazole rings is 1. The van der Waals surface area contributed by atoms with Gasteiger partial charge in [0.15, 0.2) is 0 Å². The van der Waals surface area contributed by atoms with E-state index in [0.29, 0.717) is 16.1 Å². The summed E-state index contributed by atoms with van der Waals surface area (Å²) < 4.78 is 0. The number of carboxylic acid groups (broad SMARTS) is 1. The summed E-state index contributed by atoms with van der Waals surface area (Å²) in [6.07, 6.45) is 1.64. The van der Waals surface area contributed by atoms with Crippen LogP contribution in [0.15, 0.2) is 48.0 Å². The van der Waals surface area contributed by atoms with Crippen LogP contribution in [0.2, 0.25) is 0 Å². The van der Waals surface area contributed by atoms with Crippen LogP contribution in [0.1, 0.15) is 25.7 Å². The first-order valence-corrected chi connectivity index (χ1v) is 7.92. The fourth-order valence-electron chi connectivity index (χ4n) is 2.43. The quantitative estimate of drug-likeness (QED) is 0.699. The molecule has 2 heterocycles. The highest BCUT2D eigenvalue weighted by Gasteiger charge is 2.23. The number of carbonyl (C=O) groups excluding carboxylic acids is 2. The lowest BCUT2D eigenvalue weighted by Crippen LogP contribution is -2.34. The Hall–Kier alpha value is -3.06. The lowest BCUT2D eigenvalue weighted by atomic mass is 9.95. The van der Waals surface area contributed by atoms with Gasteiger partial charge in [-0.05, 0) is 17.5 Å². The van der Waals surface area contributed by atoms with Gasteiger partial charge < -0.3 is 5.11 Å². The van der Waals surface area contributed by atoms with E-state index in [9.17, 15) is 14.4 Å². The van der Waals surface area contributed by atoms with Gasteiger partial charge in [0.05, 0.1) is 6.42 Å². The molecule has 1 aromatic heterocycles. The Morgan fingerprint density at radius 3 is 2.21 bits per heavy atom. The van der Waals surface area contributed by atoms with Crippen LogP contribution >= 0.6 is 11.3 Å². The molecule has 120 valence electrons. The van der Waals surface area contributed by atoms with E-state index in [-0.39, 0.29) is 18.2 Å². The molecule has 3 aromatic rings. The minimum atomic E-state index is -0.829. The zero-order chi connectivity index (χ0) is 17.1. The zero-order valence-electron chi connectivity index (χ0n) is 12.4. The van der Waals surface area contributed by atoms with Crippen molar-refractivity contribution in [1.29, 1.82) is 0 Å². The number of carbonyl (C=O) groups is 3. The van der Waals surface area contributed by atoms with Gasteiger partial charge in [-0.3, -0.25) is 19.7 Å². The summed E-state index contributed by atoms with van der Waals surface area (Å²) in [7, 11) is 0. The number of imide groups is 1. The van der Waals surface area contributed by atoms with Crippen molar-refractivity contribution in [1.82, 2.24) is 10.3 Å². The van der Waals surface area contributed by atoms with Crippen molar-refractivity contribution in [2.24, 2.45) is 0 Å². The largest absolute Gasteiger partial charge is 0.481 e. The molecule has 1 aliphatic rings. The number of rotatable bonds is 2.